The third-order valence-electron chi connectivity index (χ3n) is 4.76. The quantitative estimate of drug-likeness (QED) is 0.720. The lowest BCUT2D eigenvalue weighted by molar-refractivity contribution is 0.221. The van der Waals surface area contributed by atoms with Crippen LogP contribution in [0.15, 0.2) is 35.0 Å². The number of rotatable bonds is 6. The number of halogens is 1. The molecule has 4 rings (SSSR count). The van der Waals surface area contributed by atoms with Crippen molar-refractivity contribution in [3.8, 4) is 0 Å². The molecule has 0 amide bonds. The topological polar surface area (TPSA) is 70.0 Å². The summed E-state index contributed by atoms with van der Waals surface area (Å²) in [5, 5.41) is 8.60. The molecule has 1 saturated heterocycles. The van der Waals surface area contributed by atoms with E-state index < -0.39 is 6.17 Å². The lowest BCUT2D eigenvalue weighted by Gasteiger charge is -2.22. The Morgan fingerprint density at radius 2 is 2.32 bits per heavy atom. The summed E-state index contributed by atoms with van der Waals surface area (Å²) in [6, 6.07) is 8.47. The zero-order valence-electron chi connectivity index (χ0n) is 14.2. The zero-order chi connectivity index (χ0) is 17.2. The van der Waals surface area contributed by atoms with Crippen LogP contribution in [0, 0.1) is 6.92 Å². The number of H-pyrrole nitrogens is 1. The Morgan fingerprint density at radius 1 is 1.40 bits per heavy atom. The Labute approximate surface area is 145 Å². The Kier molecular flexibility index (Phi) is 4.50. The van der Waals surface area contributed by atoms with Crippen LogP contribution in [0.5, 0.6) is 0 Å². The monoisotopic (exact) mass is 343 g/mol. The highest BCUT2D eigenvalue weighted by Crippen LogP contribution is 2.22. The minimum absolute atomic E-state index is 0.136. The second-order valence-corrected chi connectivity index (χ2v) is 6.64. The highest BCUT2D eigenvalue weighted by atomic mass is 19.1. The van der Waals surface area contributed by atoms with Crippen LogP contribution in [0.2, 0.25) is 0 Å². The Hall–Kier alpha value is -2.25. The molecule has 1 aliphatic heterocycles. The lowest BCUT2D eigenvalue weighted by atomic mass is 10.1. The van der Waals surface area contributed by atoms with Crippen LogP contribution in [-0.2, 0) is 13.1 Å². The van der Waals surface area contributed by atoms with Crippen molar-refractivity contribution in [1.29, 1.82) is 0 Å². The Bertz CT molecular complexity index is 845. The molecule has 1 aromatic carbocycles. The largest absolute Gasteiger partial charge is 0.361 e. The summed E-state index contributed by atoms with van der Waals surface area (Å²) >= 11 is 0. The number of aromatic nitrogens is 3. The van der Waals surface area contributed by atoms with Gasteiger partial charge in [-0.05, 0) is 23.4 Å². The molecule has 0 aliphatic carbocycles. The molecule has 0 unspecified atom stereocenters. The molecule has 2 aromatic heterocycles. The van der Waals surface area contributed by atoms with E-state index in [0.717, 1.165) is 18.6 Å². The second kappa shape index (κ2) is 6.93. The normalized spacial score (nSPS) is 21.4. The average molecular weight is 343 g/mol. The Balaban J connectivity index is 1.36. The number of hydrogen-bond acceptors (Lipinski definition) is 5. The molecule has 0 radical (unpaired) electrons. The maximum absolute atomic E-state index is 13.9. The third kappa shape index (κ3) is 3.57. The van der Waals surface area contributed by atoms with Crippen molar-refractivity contribution in [3.63, 3.8) is 0 Å². The highest BCUT2D eigenvalue weighted by Gasteiger charge is 2.32. The number of hydrogen-bond donors (Lipinski definition) is 2. The number of alkyl halides is 1. The van der Waals surface area contributed by atoms with Crippen LogP contribution in [0.3, 0.4) is 0 Å². The smallest absolute Gasteiger partial charge is 0.223 e. The van der Waals surface area contributed by atoms with E-state index in [2.05, 4.69) is 49.6 Å². The summed E-state index contributed by atoms with van der Waals surface area (Å²) in [5.41, 5.74) is 2.38. The van der Waals surface area contributed by atoms with E-state index in [0.29, 0.717) is 31.2 Å². The van der Waals surface area contributed by atoms with E-state index in [4.69, 9.17) is 4.52 Å². The number of aromatic amines is 1. The van der Waals surface area contributed by atoms with Crippen molar-refractivity contribution in [2.75, 3.05) is 13.1 Å². The van der Waals surface area contributed by atoms with Crippen molar-refractivity contribution in [1.82, 2.24) is 25.3 Å². The first-order valence-corrected chi connectivity index (χ1v) is 8.62. The van der Waals surface area contributed by atoms with Gasteiger partial charge in [-0.3, -0.25) is 4.90 Å². The third-order valence-corrected chi connectivity index (χ3v) is 4.76. The van der Waals surface area contributed by atoms with E-state index in [9.17, 15) is 4.39 Å². The van der Waals surface area contributed by atoms with Gasteiger partial charge < -0.3 is 14.8 Å². The van der Waals surface area contributed by atoms with E-state index >= 15 is 0 Å². The van der Waals surface area contributed by atoms with Gasteiger partial charge in [0.05, 0.1) is 6.54 Å². The van der Waals surface area contributed by atoms with Crippen molar-refractivity contribution >= 4 is 10.9 Å². The zero-order valence-corrected chi connectivity index (χ0v) is 14.2. The SMILES string of the molecule is Cc1nc(CN2C[C@@H](F)C[C@H]2CNCc2cccc3cc[nH]c23)no1. The number of likely N-dealkylation sites (tertiary alicyclic amines) is 1. The molecule has 0 spiro atoms. The maximum atomic E-state index is 13.9. The molecule has 25 heavy (non-hydrogen) atoms. The molecule has 2 N–H and O–H groups in total. The molecule has 0 saturated carbocycles. The van der Waals surface area contributed by atoms with Gasteiger partial charge in [0.1, 0.15) is 6.17 Å². The fourth-order valence-electron chi connectivity index (χ4n) is 3.59. The standard InChI is InChI=1S/C18H22FN5O/c1-12-22-17(23-25-12)11-24-10-15(19)7-16(24)9-20-8-14-4-2-3-13-5-6-21-18(13)14/h2-6,15-16,20-21H,7-11H2,1H3/t15-,16-/m0/s1. The van der Waals surface area contributed by atoms with Gasteiger partial charge in [0.25, 0.3) is 0 Å². The van der Waals surface area contributed by atoms with E-state index in [-0.39, 0.29) is 6.04 Å². The summed E-state index contributed by atoms with van der Waals surface area (Å²) in [5.74, 6) is 1.16. The van der Waals surface area contributed by atoms with Crippen molar-refractivity contribution in [2.45, 2.75) is 38.6 Å². The predicted octanol–water partition coefficient (Wildman–Crippen LogP) is 2.56. The number of para-hydroxylation sites is 1. The van der Waals surface area contributed by atoms with Gasteiger partial charge in [-0.15, -0.1) is 0 Å². The van der Waals surface area contributed by atoms with Gasteiger partial charge in [0.15, 0.2) is 5.82 Å². The molecule has 6 nitrogen and oxygen atoms in total. The fraction of sp³-hybridized carbons (Fsp3) is 0.444. The Morgan fingerprint density at radius 3 is 3.16 bits per heavy atom. The maximum Gasteiger partial charge on any atom is 0.223 e. The van der Waals surface area contributed by atoms with Crippen LogP contribution in [-0.4, -0.2) is 45.3 Å². The first kappa shape index (κ1) is 16.2. The fourth-order valence-corrected chi connectivity index (χ4v) is 3.59. The molecular formula is C18H22FN5O. The number of fused-ring (bicyclic) bond motifs is 1. The minimum atomic E-state index is -0.799. The van der Waals surface area contributed by atoms with Gasteiger partial charge in [0.2, 0.25) is 5.89 Å². The van der Waals surface area contributed by atoms with Gasteiger partial charge in [-0.1, -0.05) is 23.4 Å². The molecule has 2 atom stereocenters. The molecular weight excluding hydrogens is 321 g/mol. The van der Waals surface area contributed by atoms with Crippen molar-refractivity contribution in [2.24, 2.45) is 0 Å². The van der Waals surface area contributed by atoms with E-state index in [1.807, 2.05) is 6.20 Å². The van der Waals surface area contributed by atoms with Crippen LogP contribution >= 0.6 is 0 Å². The van der Waals surface area contributed by atoms with E-state index in [1.165, 1.54) is 10.9 Å². The van der Waals surface area contributed by atoms with Crippen LogP contribution in [0.25, 0.3) is 10.9 Å². The summed E-state index contributed by atoms with van der Waals surface area (Å²) in [6.07, 6.45) is 1.69. The lowest BCUT2D eigenvalue weighted by Crippen LogP contribution is -2.37. The first-order valence-electron chi connectivity index (χ1n) is 8.62. The van der Waals surface area contributed by atoms with Gasteiger partial charge in [-0.2, -0.15) is 4.98 Å². The number of nitrogens with one attached hydrogen (secondary N) is 2. The van der Waals surface area contributed by atoms with E-state index in [1.54, 1.807) is 6.92 Å². The summed E-state index contributed by atoms with van der Waals surface area (Å²) in [4.78, 5) is 9.60. The van der Waals surface area contributed by atoms with Gasteiger partial charge in [-0.25, -0.2) is 4.39 Å². The molecule has 7 heteroatoms. The molecule has 1 fully saturated rings. The number of aryl methyl sites for hydroxylation is 1. The summed E-state index contributed by atoms with van der Waals surface area (Å²) < 4.78 is 18.9. The molecule has 132 valence electrons. The molecule has 0 bridgehead atoms. The average Bonchev–Trinajstić information content (AvgIpc) is 3.29. The van der Waals surface area contributed by atoms with Crippen LogP contribution < -0.4 is 5.32 Å². The first-order chi connectivity index (χ1) is 12.2. The van der Waals surface area contributed by atoms with Crippen LogP contribution in [0.4, 0.5) is 4.39 Å². The minimum Gasteiger partial charge on any atom is -0.361 e. The van der Waals surface area contributed by atoms with Crippen molar-refractivity contribution < 1.29 is 8.91 Å². The molecule has 3 heterocycles. The van der Waals surface area contributed by atoms with Gasteiger partial charge >= 0.3 is 0 Å². The molecule has 3 aromatic rings. The molecule has 1 aliphatic rings. The highest BCUT2D eigenvalue weighted by molar-refractivity contribution is 5.82. The van der Waals surface area contributed by atoms with Crippen molar-refractivity contribution in [3.05, 3.63) is 47.7 Å². The summed E-state index contributed by atoms with van der Waals surface area (Å²) in [7, 11) is 0. The number of benzene rings is 1. The van der Waals surface area contributed by atoms with Gasteiger partial charge in [0, 0.05) is 44.3 Å². The summed E-state index contributed by atoms with van der Waals surface area (Å²) in [6.45, 7) is 4.19. The number of nitrogens with zero attached hydrogens (tertiary/aromatic N) is 3. The van der Waals surface area contributed by atoms with Crippen LogP contribution in [0.1, 0.15) is 23.7 Å². The predicted molar refractivity (Wildman–Crippen MR) is 92.8 cm³/mol. The second-order valence-electron chi connectivity index (χ2n) is 6.64.